The zero-order valence-corrected chi connectivity index (χ0v) is 19.3. The Kier molecular flexibility index (Phi) is 5.14. The third-order valence-electron chi connectivity index (χ3n) is 7.00. The largest absolute Gasteiger partial charge is 0.497 e. The van der Waals surface area contributed by atoms with Crippen molar-refractivity contribution in [2.45, 2.75) is 31.5 Å². The second-order valence-corrected chi connectivity index (χ2v) is 9.38. The number of ether oxygens (including phenoxy) is 1. The molecule has 0 bridgehead atoms. The highest BCUT2D eigenvalue weighted by molar-refractivity contribution is 6.31. The van der Waals surface area contributed by atoms with Crippen LogP contribution in [0.15, 0.2) is 36.4 Å². The Morgan fingerprint density at radius 2 is 1.88 bits per heavy atom. The summed E-state index contributed by atoms with van der Waals surface area (Å²) in [6, 6.07) is 9.58. The Bertz CT molecular complexity index is 1250. The third kappa shape index (κ3) is 3.11. The van der Waals surface area contributed by atoms with Crippen molar-refractivity contribution >= 4 is 40.9 Å². The van der Waals surface area contributed by atoms with E-state index in [1.54, 1.807) is 50.4 Å². The van der Waals surface area contributed by atoms with Crippen molar-refractivity contribution in [2.75, 3.05) is 12.4 Å². The Labute approximate surface area is 200 Å². The summed E-state index contributed by atoms with van der Waals surface area (Å²) in [6.07, 6.45) is -0.194. The first kappa shape index (κ1) is 22.4. The van der Waals surface area contributed by atoms with E-state index in [0.29, 0.717) is 22.0 Å². The van der Waals surface area contributed by atoms with E-state index in [1.165, 1.54) is 0 Å². The lowest BCUT2D eigenvalue weighted by Gasteiger charge is -2.29. The second kappa shape index (κ2) is 7.82. The smallest absolute Gasteiger partial charge is 0.250 e. The van der Waals surface area contributed by atoms with E-state index in [-0.39, 0.29) is 13.0 Å². The minimum atomic E-state index is -1.53. The van der Waals surface area contributed by atoms with Gasteiger partial charge in [-0.1, -0.05) is 23.7 Å². The van der Waals surface area contributed by atoms with Crippen molar-refractivity contribution in [2.24, 2.45) is 17.6 Å². The summed E-state index contributed by atoms with van der Waals surface area (Å²) in [6.45, 7) is 1.84. The number of halogens is 1. The molecule has 0 aliphatic carbocycles. The van der Waals surface area contributed by atoms with E-state index in [2.05, 4.69) is 10.6 Å². The van der Waals surface area contributed by atoms with Crippen molar-refractivity contribution in [3.63, 3.8) is 0 Å². The van der Waals surface area contributed by atoms with Gasteiger partial charge in [-0.05, 0) is 42.3 Å². The average Bonchev–Trinajstić information content (AvgIpc) is 3.35. The van der Waals surface area contributed by atoms with Gasteiger partial charge in [0.1, 0.15) is 11.3 Å². The molecular weight excluding hydrogens is 460 g/mol. The van der Waals surface area contributed by atoms with Gasteiger partial charge in [-0.25, -0.2) is 0 Å². The molecule has 2 aromatic rings. The molecule has 2 aromatic carbocycles. The number of aryl methyl sites for hydroxylation is 1. The number of fused-ring (bicyclic) bond motifs is 4. The number of hydrogen-bond donors (Lipinski definition) is 3. The molecule has 4 atom stereocenters. The highest BCUT2D eigenvalue weighted by Crippen LogP contribution is 2.54. The molecular formula is C24H23ClN4O5. The molecule has 4 amide bonds. The van der Waals surface area contributed by atoms with Gasteiger partial charge < -0.3 is 15.8 Å². The molecule has 176 valence electrons. The predicted octanol–water partition coefficient (Wildman–Crippen LogP) is 1.45. The highest BCUT2D eigenvalue weighted by atomic mass is 35.5. The maximum absolute atomic E-state index is 13.8. The van der Waals surface area contributed by atoms with Crippen LogP contribution >= 0.6 is 11.6 Å². The van der Waals surface area contributed by atoms with Crippen LogP contribution in [-0.2, 0) is 31.3 Å². The fourth-order valence-electron chi connectivity index (χ4n) is 5.55. The molecule has 5 rings (SSSR count). The van der Waals surface area contributed by atoms with Gasteiger partial charge in [-0.3, -0.25) is 29.4 Å². The van der Waals surface area contributed by atoms with Gasteiger partial charge in [0.2, 0.25) is 23.6 Å². The Morgan fingerprint density at radius 1 is 1.18 bits per heavy atom. The number of nitrogens with zero attached hydrogens (tertiary/aromatic N) is 1. The molecule has 9 nitrogen and oxygen atoms in total. The van der Waals surface area contributed by atoms with Gasteiger partial charge in [0.15, 0.2) is 0 Å². The van der Waals surface area contributed by atoms with Gasteiger partial charge in [0, 0.05) is 28.7 Å². The van der Waals surface area contributed by atoms with E-state index in [9.17, 15) is 19.2 Å². The van der Waals surface area contributed by atoms with Gasteiger partial charge in [0.05, 0.1) is 25.5 Å². The monoisotopic (exact) mass is 482 g/mol. The van der Waals surface area contributed by atoms with Gasteiger partial charge >= 0.3 is 0 Å². The second-order valence-electron chi connectivity index (χ2n) is 8.94. The van der Waals surface area contributed by atoms with E-state index in [1.807, 2.05) is 0 Å². The van der Waals surface area contributed by atoms with Crippen molar-refractivity contribution < 1.29 is 23.9 Å². The minimum Gasteiger partial charge on any atom is -0.497 e. The number of nitrogens with one attached hydrogen (secondary N) is 2. The molecule has 3 aliphatic heterocycles. The third-order valence-corrected chi connectivity index (χ3v) is 7.22. The Morgan fingerprint density at radius 3 is 2.53 bits per heavy atom. The van der Waals surface area contributed by atoms with Crippen LogP contribution in [0.4, 0.5) is 5.69 Å². The summed E-state index contributed by atoms with van der Waals surface area (Å²) in [5, 5.41) is 6.42. The maximum atomic E-state index is 13.8. The number of amides is 4. The lowest BCUT2D eigenvalue weighted by Crippen LogP contribution is -2.53. The number of hydrogen-bond acceptors (Lipinski definition) is 6. The average molecular weight is 483 g/mol. The number of anilines is 1. The molecule has 3 heterocycles. The summed E-state index contributed by atoms with van der Waals surface area (Å²) >= 11 is 6.31. The number of carbonyl (C=O) groups excluding carboxylic acids is 4. The SMILES string of the molecule is COc1ccc(CN2C(=O)[C@@H]3[C@@H](CC(N)=O)N[C@]4(C(=O)Nc5c(C)cc(Cl)cc54)[C@H]3C2=O)cc1. The number of benzene rings is 2. The van der Waals surface area contributed by atoms with Gasteiger partial charge in [-0.2, -0.15) is 0 Å². The summed E-state index contributed by atoms with van der Waals surface area (Å²) in [4.78, 5) is 53.8. The maximum Gasteiger partial charge on any atom is 0.250 e. The molecule has 3 aliphatic rings. The van der Waals surface area contributed by atoms with Crippen LogP contribution in [0.25, 0.3) is 0 Å². The molecule has 34 heavy (non-hydrogen) atoms. The number of nitrogens with two attached hydrogens (primary N) is 1. The molecule has 0 radical (unpaired) electrons. The first-order valence-electron chi connectivity index (χ1n) is 10.8. The number of imide groups is 1. The van der Waals surface area contributed by atoms with Crippen LogP contribution in [0.3, 0.4) is 0 Å². The molecule has 10 heteroatoms. The van der Waals surface area contributed by atoms with Crippen LogP contribution < -0.4 is 21.1 Å². The van der Waals surface area contributed by atoms with Gasteiger partial charge in [0.25, 0.3) is 0 Å². The first-order chi connectivity index (χ1) is 16.2. The summed E-state index contributed by atoms with van der Waals surface area (Å²) in [7, 11) is 1.55. The van der Waals surface area contributed by atoms with Crippen LogP contribution in [-0.4, -0.2) is 41.7 Å². The fraction of sp³-hybridized carbons (Fsp3) is 0.333. The van der Waals surface area contributed by atoms with E-state index < -0.39 is 47.0 Å². The van der Waals surface area contributed by atoms with E-state index >= 15 is 0 Å². The van der Waals surface area contributed by atoms with E-state index in [0.717, 1.165) is 16.0 Å². The zero-order valence-electron chi connectivity index (χ0n) is 18.6. The molecule has 0 saturated carbocycles. The van der Waals surface area contributed by atoms with Crippen molar-refractivity contribution in [3.8, 4) is 5.75 Å². The normalized spacial score (nSPS) is 27.2. The molecule has 4 N–H and O–H groups in total. The molecule has 0 aromatic heterocycles. The molecule has 2 fully saturated rings. The number of carbonyl (C=O) groups is 4. The lowest BCUT2D eigenvalue weighted by atomic mass is 9.76. The zero-order chi connectivity index (χ0) is 24.4. The van der Waals surface area contributed by atoms with Gasteiger partial charge in [-0.15, -0.1) is 0 Å². The summed E-state index contributed by atoms with van der Waals surface area (Å²) in [5.41, 5.74) is 6.44. The van der Waals surface area contributed by atoms with E-state index in [4.69, 9.17) is 22.1 Å². The number of likely N-dealkylation sites (tertiary alicyclic amines) is 1. The Hall–Kier alpha value is -3.43. The van der Waals surface area contributed by atoms with Crippen LogP contribution in [0.1, 0.15) is 23.1 Å². The first-order valence-corrected chi connectivity index (χ1v) is 11.2. The standard InChI is InChI=1S/C24H23ClN4O5/c1-11-7-13(25)8-15-20(11)27-23(33)24(15)19-18(16(28-24)9-17(26)30)21(31)29(22(19)32)10-12-3-5-14(34-2)6-4-12/h3-8,16,18-19,28H,9-10H2,1-2H3,(H2,26,30)(H,27,33)/t16-,18-,19-,24+/m1/s1. The molecule has 2 saturated heterocycles. The minimum absolute atomic E-state index is 0.0388. The molecule has 0 unspecified atom stereocenters. The highest BCUT2D eigenvalue weighted by Gasteiger charge is 2.70. The summed E-state index contributed by atoms with van der Waals surface area (Å²) < 4.78 is 5.17. The van der Waals surface area contributed by atoms with Crippen LogP contribution in [0, 0.1) is 18.8 Å². The Balaban J connectivity index is 1.59. The van der Waals surface area contributed by atoms with Crippen molar-refractivity contribution in [3.05, 3.63) is 58.1 Å². The van der Waals surface area contributed by atoms with Crippen molar-refractivity contribution in [1.29, 1.82) is 0 Å². The van der Waals surface area contributed by atoms with Crippen LogP contribution in [0.5, 0.6) is 5.75 Å². The predicted molar refractivity (Wildman–Crippen MR) is 123 cm³/mol. The van der Waals surface area contributed by atoms with Crippen molar-refractivity contribution in [1.82, 2.24) is 10.2 Å². The fourth-order valence-corrected chi connectivity index (χ4v) is 5.83. The lowest BCUT2D eigenvalue weighted by molar-refractivity contribution is -0.143. The number of rotatable bonds is 5. The summed E-state index contributed by atoms with van der Waals surface area (Å²) in [5.74, 6) is -3.33. The number of methoxy groups -OCH3 is 1. The van der Waals surface area contributed by atoms with Crippen LogP contribution in [0.2, 0.25) is 5.02 Å². The quantitative estimate of drug-likeness (QED) is 0.553. The topological polar surface area (TPSA) is 131 Å². The number of primary amides is 1. The molecule has 1 spiro atoms.